The summed E-state index contributed by atoms with van der Waals surface area (Å²) in [5.41, 5.74) is 0. The van der Waals surface area contributed by atoms with Gasteiger partial charge in [0, 0.05) is 0 Å². The molecule has 2 heteroatoms. The van der Waals surface area contributed by atoms with Gasteiger partial charge < -0.3 is 0 Å². The second kappa shape index (κ2) is 12.3. The second-order valence-corrected chi connectivity index (χ2v) is 4.63. The highest BCUT2D eigenvalue weighted by molar-refractivity contribution is 7.80. The predicted octanol–water partition coefficient (Wildman–Crippen LogP) is 4.55. The summed E-state index contributed by atoms with van der Waals surface area (Å²) in [4.78, 5) is 0. The Kier molecular flexibility index (Phi) is 12.4. The second-order valence-electron chi connectivity index (χ2n) is 3.74. The largest absolute Gasteiger partial charge is 0.179 e. The number of allylic oxidation sites excluding steroid dienone is 4. The van der Waals surface area contributed by atoms with E-state index in [9.17, 15) is 0 Å². The fourth-order valence-electron chi connectivity index (χ4n) is 1.39. The van der Waals surface area contributed by atoms with Crippen molar-refractivity contribution in [2.45, 2.75) is 39.0 Å². The van der Waals surface area contributed by atoms with Crippen molar-refractivity contribution in [1.29, 1.82) is 0 Å². The first-order valence-corrected chi connectivity index (χ1v) is 7.16. The zero-order chi connectivity index (χ0) is 11.4. The van der Waals surface area contributed by atoms with Gasteiger partial charge in [0.15, 0.2) is 0 Å². The van der Waals surface area contributed by atoms with E-state index in [1.807, 2.05) is 0 Å². The van der Waals surface area contributed by atoms with Gasteiger partial charge in [0.2, 0.25) is 0 Å². The molecule has 0 bridgehead atoms. The number of rotatable bonds is 9. The van der Waals surface area contributed by atoms with E-state index in [1.165, 1.54) is 19.3 Å². The maximum Gasteiger partial charge on any atom is -0.00923 e. The average Bonchev–Trinajstić information content (AvgIpc) is 2.24. The van der Waals surface area contributed by atoms with Gasteiger partial charge in [-0.1, -0.05) is 44.1 Å². The van der Waals surface area contributed by atoms with Gasteiger partial charge in [-0.3, -0.25) is 0 Å². The monoisotopic (exact) mass is 244 g/mol. The molecule has 0 aromatic heterocycles. The van der Waals surface area contributed by atoms with Crippen LogP contribution in [0.25, 0.3) is 0 Å². The van der Waals surface area contributed by atoms with E-state index in [0.717, 1.165) is 24.3 Å². The van der Waals surface area contributed by atoms with Crippen molar-refractivity contribution in [3.63, 3.8) is 0 Å². The van der Waals surface area contributed by atoms with Crippen LogP contribution in [0.2, 0.25) is 0 Å². The summed E-state index contributed by atoms with van der Waals surface area (Å²) >= 11 is 8.53. The Labute approximate surface area is 106 Å². The van der Waals surface area contributed by atoms with Gasteiger partial charge >= 0.3 is 0 Å². The molecule has 0 aliphatic rings. The van der Waals surface area contributed by atoms with Gasteiger partial charge in [0.1, 0.15) is 0 Å². The summed E-state index contributed by atoms with van der Waals surface area (Å²) in [7, 11) is 0. The smallest absolute Gasteiger partial charge is 0.00923 e. The molecule has 88 valence electrons. The Bertz CT molecular complexity index is 167. The molecule has 0 fully saturated rings. The minimum absolute atomic E-state index is 0.649. The molecule has 0 unspecified atom stereocenters. The first-order valence-electron chi connectivity index (χ1n) is 5.90. The highest BCUT2D eigenvalue weighted by Crippen LogP contribution is 2.12. The summed E-state index contributed by atoms with van der Waals surface area (Å²) < 4.78 is 0. The molecule has 0 rings (SSSR count). The van der Waals surface area contributed by atoms with Crippen LogP contribution in [0.4, 0.5) is 0 Å². The molecular formula is C13H24S2. The SMILES string of the molecule is CCCCC=CC=CC(CCS)CCS. The highest BCUT2D eigenvalue weighted by Gasteiger charge is 2.00. The normalized spacial score (nSPS) is 12.3. The van der Waals surface area contributed by atoms with Crippen molar-refractivity contribution in [3.8, 4) is 0 Å². The molecule has 15 heavy (non-hydrogen) atoms. The van der Waals surface area contributed by atoms with Gasteiger partial charge in [0.05, 0.1) is 0 Å². The molecule has 0 aliphatic heterocycles. The van der Waals surface area contributed by atoms with Crippen LogP contribution in [0.3, 0.4) is 0 Å². The van der Waals surface area contributed by atoms with Gasteiger partial charge in [0.25, 0.3) is 0 Å². The van der Waals surface area contributed by atoms with Crippen molar-refractivity contribution in [2.75, 3.05) is 11.5 Å². The highest BCUT2D eigenvalue weighted by atomic mass is 32.1. The quantitative estimate of drug-likeness (QED) is 0.332. The van der Waals surface area contributed by atoms with Crippen molar-refractivity contribution in [1.82, 2.24) is 0 Å². The van der Waals surface area contributed by atoms with Crippen molar-refractivity contribution in [2.24, 2.45) is 5.92 Å². The average molecular weight is 244 g/mol. The first-order chi connectivity index (χ1) is 7.35. The Morgan fingerprint density at radius 1 is 1.07 bits per heavy atom. The van der Waals surface area contributed by atoms with E-state index in [1.54, 1.807) is 0 Å². The molecule has 0 saturated heterocycles. The summed E-state index contributed by atoms with van der Waals surface area (Å²) in [5.74, 6) is 2.57. The fourth-order valence-corrected chi connectivity index (χ4v) is 2.05. The zero-order valence-electron chi connectivity index (χ0n) is 9.73. The van der Waals surface area contributed by atoms with E-state index in [-0.39, 0.29) is 0 Å². The molecular weight excluding hydrogens is 220 g/mol. The van der Waals surface area contributed by atoms with Gasteiger partial charge in [-0.2, -0.15) is 25.3 Å². The molecule has 0 amide bonds. The van der Waals surface area contributed by atoms with Crippen molar-refractivity contribution in [3.05, 3.63) is 24.3 Å². The standard InChI is InChI=1S/C13H24S2/c1-2-3-4-5-6-7-8-13(9-11-14)10-12-15/h5-8,13-15H,2-4,9-12H2,1H3. The molecule has 0 N–H and O–H groups in total. The first kappa shape index (κ1) is 15.2. The third-order valence-corrected chi connectivity index (χ3v) is 2.87. The molecule has 0 atom stereocenters. The molecule has 0 heterocycles. The molecule has 0 aromatic rings. The fraction of sp³-hybridized carbons (Fsp3) is 0.692. The molecule has 0 nitrogen and oxygen atoms in total. The van der Waals surface area contributed by atoms with E-state index in [4.69, 9.17) is 0 Å². The van der Waals surface area contributed by atoms with E-state index in [2.05, 4.69) is 56.5 Å². The lowest BCUT2D eigenvalue weighted by Gasteiger charge is -2.07. The molecule has 0 spiro atoms. The lowest BCUT2D eigenvalue weighted by atomic mass is 10.0. The molecule has 0 saturated carbocycles. The summed E-state index contributed by atoms with van der Waals surface area (Å²) in [6.45, 7) is 2.22. The Hall–Kier alpha value is 0.180. The molecule has 0 radical (unpaired) electrons. The topological polar surface area (TPSA) is 0 Å². The lowest BCUT2D eigenvalue weighted by molar-refractivity contribution is 0.618. The minimum atomic E-state index is 0.649. The Morgan fingerprint density at radius 2 is 1.73 bits per heavy atom. The van der Waals surface area contributed by atoms with Crippen LogP contribution < -0.4 is 0 Å². The maximum atomic E-state index is 4.27. The van der Waals surface area contributed by atoms with Gasteiger partial charge in [-0.05, 0) is 36.7 Å². The Balaban J connectivity index is 3.72. The van der Waals surface area contributed by atoms with E-state index < -0.39 is 0 Å². The zero-order valence-corrected chi connectivity index (χ0v) is 11.5. The van der Waals surface area contributed by atoms with E-state index in [0.29, 0.717) is 5.92 Å². The number of thiol groups is 2. The van der Waals surface area contributed by atoms with Crippen LogP contribution in [0.5, 0.6) is 0 Å². The van der Waals surface area contributed by atoms with Crippen LogP contribution in [0.15, 0.2) is 24.3 Å². The number of hydrogen-bond acceptors (Lipinski definition) is 2. The minimum Gasteiger partial charge on any atom is -0.179 e. The van der Waals surface area contributed by atoms with Crippen molar-refractivity contribution >= 4 is 25.3 Å². The van der Waals surface area contributed by atoms with Gasteiger partial charge in [-0.25, -0.2) is 0 Å². The number of hydrogen-bond donors (Lipinski definition) is 2. The maximum absolute atomic E-state index is 4.27. The van der Waals surface area contributed by atoms with Crippen LogP contribution in [-0.4, -0.2) is 11.5 Å². The van der Waals surface area contributed by atoms with Crippen LogP contribution in [0, 0.1) is 5.92 Å². The summed E-state index contributed by atoms with van der Waals surface area (Å²) in [6.07, 6.45) is 15.0. The third kappa shape index (κ3) is 10.5. The Morgan fingerprint density at radius 3 is 2.27 bits per heavy atom. The van der Waals surface area contributed by atoms with E-state index >= 15 is 0 Å². The molecule has 0 aliphatic carbocycles. The van der Waals surface area contributed by atoms with Gasteiger partial charge in [-0.15, -0.1) is 0 Å². The predicted molar refractivity (Wildman–Crippen MR) is 78.2 cm³/mol. The molecule has 0 aromatic carbocycles. The summed E-state index contributed by atoms with van der Waals surface area (Å²) in [6, 6.07) is 0. The van der Waals surface area contributed by atoms with Crippen LogP contribution >= 0.6 is 25.3 Å². The third-order valence-electron chi connectivity index (χ3n) is 2.35. The van der Waals surface area contributed by atoms with Crippen LogP contribution in [0.1, 0.15) is 39.0 Å². The summed E-state index contributed by atoms with van der Waals surface area (Å²) in [5, 5.41) is 0. The number of unbranched alkanes of at least 4 members (excludes halogenated alkanes) is 2. The lowest BCUT2D eigenvalue weighted by Crippen LogP contribution is -1.98. The van der Waals surface area contributed by atoms with Crippen molar-refractivity contribution < 1.29 is 0 Å². The van der Waals surface area contributed by atoms with Crippen LogP contribution in [-0.2, 0) is 0 Å².